The minimum atomic E-state index is -0.863. The van der Waals surface area contributed by atoms with Gasteiger partial charge in [-0.1, -0.05) is 12.1 Å². The molecule has 7 heteroatoms. The number of amides is 1. The molecule has 0 aliphatic rings. The van der Waals surface area contributed by atoms with Crippen molar-refractivity contribution in [2.24, 2.45) is 0 Å². The quantitative estimate of drug-likeness (QED) is 0.531. The van der Waals surface area contributed by atoms with E-state index in [1.54, 1.807) is 47.0 Å². The van der Waals surface area contributed by atoms with Crippen molar-refractivity contribution in [2.75, 3.05) is 12.4 Å². The smallest absolute Gasteiger partial charge is 0.244 e. The summed E-state index contributed by atoms with van der Waals surface area (Å²) in [5, 5.41) is 3.31. The van der Waals surface area contributed by atoms with E-state index in [1.165, 1.54) is 7.11 Å². The number of rotatable bonds is 4. The molecule has 0 fully saturated rings. The van der Waals surface area contributed by atoms with Crippen LogP contribution in [0.4, 0.5) is 14.5 Å². The SMILES string of the molecule is COc1ccc2c(c1)c(=O)c1ccccc1n2CC(=O)Nc1ccc(F)cc1F. The number of hydrogen-bond donors (Lipinski definition) is 1. The number of fused-ring (bicyclic) bond motifs is 2. The molecule has 0 atom stereocenters. The fraction of sp³-hybridized carbons (Fsp3) is 0.0909. The number of carbonyl (C=O) groups is 1. The first-order chi connectivity index (χ1) is 14.0. The molecular weight excluding hydrogens is 378 g/mol. The van der Waals surface area contributed by atoms with Gasteiger partial charge in [-0.05, 0) is 42.5 Å². The van der Waals surface area contributed by atoms with Crippen molar-refractivity contribution >= 4 is 33.4 Å². The minimum absolute atomic E-state index is 0.118. The molecule has 0 aliphatic heterocycles. The van der Waals surface area contributed by atoms with E-state index >= 15 is 0 Å². The third-order valence-corrected chi connectivity index (χ3v) is 4.69. The molecule has 4 aromatic rings. The molecule has 0 saturated carbocycles. The number of ether oxygens (including phenoxy) is 1. The molecule has 0 aliphatic carbocycles. The number of halogens is 2. The van der Waals surface area contributed by atoms with Gasteiger partial charge in [-0.15, -0.1) is 0 Å². The minimum Gasteiger partial charge on any atom is -0.497 e. The summed E-state index contributed by atoms with van der Waals surface area (Å²) in [7, 11) is 1.51. The summed E-state index contributed by atoms with van der Waals surface area (Å²) in [5.41, 5.74) is 0.831. The molecule has 0 spiro atoms. The molecule has 1 aromatic heterocycles. The Morgan fingerprint density at radius 2 is 1.76 bits per heavy atom. The normalized spacial score (nSPS) is 11.0. The van der Waals surface area contributed by atoms with Gasteiger partial charge in [0.25, 0.3) is 0 Å². The van der Waals surface area contributed by atoms with Crippen LogP contribution >= 0.6 is 0 Å². The van der Waals surface area contributed by atoms with Crippen LogP contribution in [0.5, 0.6) is 5.75 Å². The number of benzene rings is 3. The topological polar surface area (TPSA) is 60.3 Å². The summed E-state index contributed by atoms with van der Waals surface area (Å²) in [6.07, 6.45) is 0. The molecule has 0 radical (unpaired) electrons. The Kier molecular flexibility index (Phi) is 4.72. The average Bonchev–Trinajstić information content (AvgIpc) is 2.73. The van der Waals surface area contributed by atoms with E-state index in [0.717, 1.165) is 12.1 Å². The van der Waals surface area contributed by atoms with Gasteiger partial charge in [-0.3, -0.25) is 9.59 Å². The molecule has 4 rings (SSSR count). The molecule has 146 valence electrons. The highest BCUT2D eigenvalue weighted by Gasteiger charge is 2.15. The Morgan fingerprint density at radius 3 is 2.52 bits per heavy atom. The van der Waals surface area contributed by atoms with Gasteiger partial charge in [-0.25, -0.2) is 8.78 Å². The van der Waals surface area contributed by atoms with Gasteiger partial charge in [0.1, 0.15) is 23.9 Å². The molecular formula is C22H16F2N2O3. The maximum absolute atomic E-state index is 13.9. The van der Waals surface area contributed by atoms with Crippen LogP contribution in [0.3, 0.4) is 0 Å². The summed E-state index contributed by atoms with van der Waals surface area (Å²) in [6.45, 7) is -0.166. The number of aromatic nitrogens is 1. The predicted molar refractivity (Wildman–Crippen MR) is 107 cm³/mol. The molecule has 1 amide bonds. The van der Waals surface area contributed by atoms with Gasteiger partial charge in [0, 0.05) is 16.8 Å². The van der Waals surface area contributed by atoms with Crippen LogP contribution in [-0.4, -0.2) is 17.6 Å². The molecule has 0 bridgehead atoms. The van der Waals surface area contributed by atoms with Crippen LogP contribution in [0.1, 0.15) is 0 Å². The molecule has 0 unspecified atom stereocenters. The van der Waals surface area contributed by atoms with E-state index in [1.807, 2.05) is 0 Å². The Labute approximate surface area is 164 Å². The van der Waals surface area contributed by atoms with Gasteiger partial charge in [0.05, 0.1) is 23.8 Å². The number of anilines is 1. The number of methoxy groups -OCH3 is 1. The number of pyridine rings is 1. The number of nitrogens with zero attached hydrogens (tertiary/aromatic N) is 1. The summed E-state index contributed by atoms with van der Waals surface area (Å²) < 4.78 is 33.9. The van der Waals surface area contributed by atoms with Crippen molar-refractivity contribution in [3.05, 3.63) is 82.5 Å². The first-order valence-corrected chi connectivity index (χ1v) is 8.82. The second kappa shape index (κ2) is 7.35. The lowest BCUT2D eigenvalue weighted by Gasteiger charge is -2.16. The Balaban J connectivity index is 1.82. The highest BCUT2D eigenvalue weighted by atomic mass is 19.1. The molecule has 3 aromatic carbocycles. The molecule has 0 saturated heterocycles. The Morgan fingerprint density at radius 1 is 1.00 bits per heavy atom. The Hall–Kier alpha value is -3.74. The van der Waals surface area contributed by atoms with Crippen LogP contribution < -0.4 is 15.5 Å². The van der Waals surface area contributed by atoms with Crippen molar-refractivity contribution in [1.82, 2.24) is 4.57 Å². The number of para-hydroxylation sites is 1. The predicted octanol–water partition coefficient (Wildman–Crippen LogP) is 4.08. The maximum Gasteiger partial charge on any atom is 0.244 e. The summed E-state index contributed by atoms with van der Waals surface area (Å²) in [6, 6.07) is 14.9. The third-order valence-electron chi connectivity index (χ3n) is 4.69. The summed E-state index contributed by atoms with van der Waals surface area (Å²) >= 11 is 0. The zero-order valence-electron chi connectivity index (χ0n) is 15.4. The van der Waals surface area contributed by atoms with Crippen LogP contribution in [0.15, 0.2) is 65.5 Å². The van der Waals surface area contributed by atoms with Gasteiger partial charge < -0.3 is 14.6 Å². The second-order valence-electron chi connectivity index (χ2n) is 6.49. The lowest BCUT2D eigenvalue weighted by molar-refractivity contribution is -0.116. The van der Waals surface area contributed by atoms with Gasteiger partial charge in [-0.2, -0.15) is 0 Å². The standard InChI is InChI=1S/C22H16F2N2O3/c1-29-14-7-9-20-16(11-14)22(28)15-4-2-3-5-19(15)26(20)12-21(27)25-18-8-6-13(23)10-17(18)24/h2-11H,12H2,1H3,(H,25,27). The van der Waals surface area contributed by atoms with E-state index in [0.29, 0.717) is 33.6 Å². The van der Waals surface area contributed by atoms with Gasteiger partial charge in [0.15, 0.2) is 5.43 Å². The zero-order valence-corrected chi connectivity index (χ0v) is 15.4. The first kappa shape index (κ1) is 18.6. The van der Waals surface area contributed by atoms with Crippen LogP contribution in [0.25, 0.3) is 21.8 Å². The lowest BCUT2D eigenvalue weighted by Crippen LogP contribution is -2.22. The van der Waals surface area contributed by atoms with E-state index in [2.05, 4.69) is 5.32 Å². The lowest BCUT2D eigenvalue weighted by atomic mass is 10.1. The largest absolute Gasteiger partial charge is 0.497 e. The second-order valence-corrected chi connectivity index (χ2v) is 6.49. The molecule has 1 N–H and O–H groups in total. The van der Waals surface area contributed by atoms with Crippen molar-refractivity contribution in [3.8, 4) is 5.75 Å². The molecule has 29 heavy (non-hydrogen) atoms. The first-order valence-electron chi connectivity index (χ1n) is 8.82. The van der Waals surface area contributed by atoms with Crippen LogP contribution in [0.2, 0.25) is 0 Å². The third kappa shape index (κ3) is 3.42. The summed E-state index contributed by atoms with van der Waals surface area (Å²) in [4.78, 5) is 25.5. The maximum atomic E-state index is 13.9. The fourth-order valence-electron chi connectivity index (χ4n) is 3.33. The molecule has 1 heterocycles. The molecule has 5 nitrogen and oxygen atoms in total. The average molecular weight is 394 g/mol. The van der Waals surface area contributed by atoms with E-state index < -0.39 is 17.5 Å². The summed E-state index contributed by atoms with van der Waals surface area (Å²) in [5.74, 6) is -1.58. The zero-order chi connectivity index (χ0) is 20.5. The number of nitrogens with one attached hydrogen (secondary N) is 1. The van der Waals surface area contributed by atoms with Crippen molar-refractivity contribution < 1.29 is 18.3 Å². The van der Waals surface area contributed by atoms with Crippen molar-refractivity contribution in [2.45, 2.75) is 6.54 Å². The number of carbonyl (C=O) groups excluding carboxylic acids is 1. The highest BCUT2D eigenvalue weighted by Crippen LogP contribution is 2.23. The van der Waals surface area contributed by atoms with Crippen molar-refractivity contribution in [1.29, 1.82) is 0 Å². The number of hydrogen-bond acceptors (Lipinski definition) is 3. The van der Waals surface area contributed by atoms with Gasteiger partial charge >= 0.3 is 0 Å². The van der Waals surface area contributed by atoms with Gasteiger partial charge in [0.2, 0.25) is 5.91 Å². The highest BCUT2D eigenvalue weighted by molar-refractivity contribution is 5.97. The monoisotopic (exact) mass is 394 g/mol. The Bertz CT molecular complexity index is 1310. The van der Waals surface area contributed by atoms with Crippen LogP contribution in [-0.2, 0) is 11.3 Å². The van der Waals surface area contributed by atoms with E-state index in [9.17, 15) is 18.4 Å². The fourth-order valence-corrected chi connectivity index (χ4v) is 3.33. The van der Waals surface area contributed by atoms with E-state index in [-0.39, 0.29) is 17.7 Å². The van der Waals surface area contributed by atoms with Crippen molar-refractivity contribution in [3.63, 3.8) is 0 Å². The van der Waals surface area contributed by atoms with E-state index in [4.69, 9.17) is 4.74 Å². The van der Waals surface area contributed by atoms with Crippen LogP contribution in [0, 0.1) is 11.6 Å².